The predicted octanol–water partition coefficient (Wildman–Crippen LogP) is 3.46. The number of hydrogen-bond acceptors (Lipinski definition) is 8. The van der Waals surface area contributed by atoms with Crippen LogP contribution in [-0.4, -0.2) is 100 Å². The standard InChI is InChI=1S/C34H60N4O6/c1-25(2)27(23-33(40)36-13-14-38-15-19-43-20-16-38)22-31(39)30(35)21-28(26(3)4)24-37-34(41)29-11-7-8-12-32(29)44-18-10-6-9-17-42-5/h7-8,11-12,25-28,30-31,39H,6,9-10,13-24,35H2,1-5H3,(H,36,40)(H,37,41)/t27-,28+,30-,31-/m0/s1. The number of morpholine rings is 1. The molecule has 5 N–H and O–H groups in total. The highest BCUT2D eigenvalue weighted by atomic mass is 16.5. The van der Waals surface area contributed by atoms with Crippen molar-refractivity contribution in [3.05, 3.63) is 29.8 Å². The minimum Gasteiger partial charge on any atom is -0.493 e. The molecule has 1 aliphatic rings. The number of carbonyl (C=O) groups is 2. The zero-order chi connectivity index (χ0) is 32.3. The third-order valence-corrected chi connectivity index (χ3v) is 8.71. The molecule has 1 fully saturated rings. The minimum atomic E-state index is -0.737. The van der Waals surface area contributed by atoms with Crippen LogP contribution in [0, 0.1) is 23.7 Å². The van der Waals surface area contributed by atoms with E-state index in [0.717, 1.165) is 58.7 Å². The summed E-state index contributed by atoms with van der Waals surface area (Å²) in [5.41, 5.74) is 7.04. The van der Waals surface area contributed by atoms with Crippen molar-refractivity contribution in [2.75, 3.05) is 66.3 Å². The first-order valence-electron chi connectivity index (χ1n) is 16.6. The van der Waals surface area contributed by atoms with Gasteiger partial charge in [-0.15, -0.1) is 0 Å². The van der Waals surface area contributed by atoms with Gasteiger partial charge in [0.05, 0.1) is 31.5 Å². The van der Waals surface area contributed by atoms with E-state index in [0.29, 0.717) is 50.3 Å². The first kappa shape index (κ1) is 37.9. The summed E-state index contributed by atoms with van der Waals surface area (Å²) in [4.78, 5) is 28.1. The largest absolute Gasteiger partial charge is 0.493 e. The van der Waals surface area contributed by atoms with Crippen LogP contribution in [0.25, 0.3) is 0 Å². The summed E-state index contributed by atoms with van der Waals surface area (Å²) in [7, 11) is 1.70. The molecule has 10 heteroatoms. The number of benzene rings is 1. The summed E-state index contributed by atoms with van der Waals surface area (Å²) in [6, 6.07) is 6.85. The molecule has 1 heterocycles. The number of aliphatic hydroxyl groups is 1. The molecule has 1 saturated heterocycles. The molecule has 0 spiro atoms. The highest BCUT2D eigenvalue weighted by Crippen LogP contribution is 2.25. The molecule has 4 atom stereocenters. The van der Waals surface area contributed by atoms with Gasteiger partial charge in [0.2, 0.25) is 5.91 Å². The average Bonchev–Trinajstić information content (AvgIpc) is 3.00. The van der Waals surface area contributed by atoms with Gasteiger partial charge >= 0.3 is 0 Å². The van der Waals surface area contributed by atoms with E-state index in [1.54, 1.807) is 13.2 Å². The molecule has 0 saturated carbocycles. The highest BCUT2D eigenvalue weighted by molar-refractivity contribution is 5.96. The number of hydrogen-bond donors (Lipinski definition) is 4. The summed E-state index contributed by atoms with van der Waals surface area (Å²) in [6.07, 6.45) is 3.54. The number of unbranched alkanes of at least 4 members (excludes halogenated alkanes) is 2. The first-order valence-corrected chi connectivity index (χ1v) is 16.6. The molecule has 0 bridgehead atoms. The number of nitrogens with one attached hydrogen (secondary N) is 2. The average molecular weight is 621 g/mol. The Morgan fingerprint density at radius 2 is 1.66 bits per heavy atom. The van der Waals surface area contributed by atoms with Crippen LogP contribution in [0.5, 0.6) is 5.75 Å². The first-order chi connectivity index (χ1) is 21.1. The molecular weight excluding hydrogens is 560 g/mol. The van der Waals surface area contributed by atoms with Gasteiger partial charge in [0, 0.05) is 58.9 Å². The Morgan fingerprint density at radius 3 is 2.34 bits per heavy atom. The van der Waals surface area contributed by atoms with Crippen molar-refractivity contribution in [1.29, 1.82) is 0 Å². The fourth-order valence-corrected chi connectivity index (χ4v) is 5.47. The van der Waals surface area contributed by atoms with E-state index in [4.69, 9.17) is 19.9 Å². The summed E-state index contributed by atoms with van der Waals surface area (Å²) >= 11 is 0. The Kier molecular flexibility index (Phi) is 18.5. The van der Waals surface area contributed by atoms with E-state index in [-0.39, 0.29) is 35.5 Å². The van der Waals surface area contributed by atoms with E-state index < -0.39 is 12.1 Å². The van der Waals surface area contributed by atoms with E-state index >= 15 is 0 Å². The van der Waals surface area contributed by atoms with Crippen LogP contribution >= 0.6 is 0 Å². The zero-order valence-electron chi connectivity index (χ0n) is 27.9. The normalized spacial score (nSPS) is 16.8. The smallest absolute Gasteiger partial charge is 0.255 e. The van der Waals surface area contributed by atoms with Gasteiger partial charge in [0.1, 0.15) is 5.75 Å². The maximum Gasteiger partial charge on any atom is 0.255 e. The van der Waals surface area contributed by atoms with Gasteiger partial charge in [0.15, 0.2) is 0 Å². The van der Waals surface area contributed by atoms with Gasteiger partial charge in [0.25, 0.3) is 5.91 Å². The number of aliphatic hydroxyl groups excluding tert-OH is 1. The Morgan fingerprint density at radius 1 is 0.977 bits per heavy atom. The summed E-state index contributed by atoms with van der Waals surface area (Å²) < 4.78 is 16.4. The minimum absolute atomic E-state index is 0.0101. The summed E-state index contributed by atoms with van der Waals surface area (Å²) in [6.45, 7) is 14.8. The van der Waals surface area contributed by atoms with Crippen molar-refractivity contribution in [3.8, 4) is 5.75 Å². The quantitative estimate of drug-likeness (QED) is 0.145. The fourth-order valence-electron chi connectivity index (χ4n) is 5.47. The Labute approximate surface area is 265 Å². The number of carbonyl (C=O) groups excluding carboxylic acids is 2. The van der Waals surface area contributed by atoms with Gasteiger partial charge in [-0.2, -0.15) is 0 Å². The maximum absolute atomic E-state index is 13.1. The second-order valence-corrected chi connectivity index (χ2v) is 12.8. The van der Waals surface area contributed by atoms with Crippen LogP contribution in [-0.2, 0) is 14.3 Å². The van der Waals surface area contributed by atoms with Gasteiger partial charge in [-0.05, 0) is 67.9 Å². The number of amides is 2. The van der Waals surface area contributed by atoms with Crippen LogP contribution < -0.4 is 21.1 Å². The van der Waals surface area contributed by atoms with Crippen molar-refractivity contribution in [2.45, 2.75) is 78.4 Å². The van der Waals surface area contributed by atoms with E-state index in [1.165, 1.54) is 0 Å². The Hall–Kier alpha value is -2.24. The molecule has 1 aliphatic heterocycles. The van der Waals surface area contributed by atoms with Crippen LogP contribution in [0.2, 0.25) is 0 Å². The van der Waals surface area contributed by atoms with Crippen molar-refractivity contribution < 1.29 is 28.9 Å². The number of nitrogens with zero attached hydrogens (tertiary/aromatic N) is 1. The third kappa shape index (κ3) is 14.7. The molecule has 2 amide bonds. The Balaban J connectivity index is 1.83. The van der Waals surface area contributed by atoms with Gasteiger partial charge in [-0.25, -0.2) is 0 Å². The van der Waals surface area contributed by atoms with Crippen LogP contribution in [0.3, 0.4) is 0 Å². The van der Waals surface area contributed by atoms with Crippen LogP contribution in [0.4, 0.5) is 0 Å². The molecule has 0 radical (unpaired) electrons. The second kappa shape index (κ2) is 21.5. The number of para-hydroxylation sites is 1. The predicted molar refractivity (Wildman–Crippen MR) is 175 cm³/mol. The van der Waals surface area contributed by atoms with E-state index in [2.05, 4.69) is 43.2 Å². The molecule has 2 rings (SSSR count). The number of methoxy groups -OCH3 is 1. The second-order valence-electron chi connectivity index (χ2n) is 12.8. The van der Waals surface area contributed by atoms with Gasteiger partial charge < -0.3 is 35.7 Å². The van der Waals surface area contributed by atoms with Crippen molar-refractivity contribution in [3.63, 3.8) is 0 Å². The van der Waals surface area contributed by atoms with Gasteiger partial charge in [-0.1, -0.05) is 39.8 Å². The fraction of sp³-hybridized carbons (Fsp3) is 0.765. The lowest BCUT2D eigenvalue weighted by molar-refractivity contribution is -0.122. The zero-order valence-corrected chi connectivity index (χ0v) is 27.9. The SMILES string of the molecule is COCCCCCOc1ccccc1C(=O)NC[C@@H](C[C@H](N)[C@@H](O)C[C@@H](CC(=O)NCCN1CCOCC1)C(C)C)C(C)C. The molecule has 10 nitrogen and oxygen atoms in total. The molecule has 44 heavy (non-hydrogen) atoms. The maximum atomic E-state index is 13.1. The molecule has 252 valence electrons. The van der Waals surface area contributed by atoms with Crippen molar-refractivity contribution in [1.82, 2.24) is 15.5 Å². The van der Waals surface area contributed by atoms with Crippen molar-refractivity contribution in [2.24, 2.45) is 29.4 Å². The number of rotatable bonds is 22. The monoisotopic (exact) mass is 620 g/mol. The molecule has 1 aromatic rings. The van der Waals surface area contributed by atoms with Crippen LogP contribution in [0.15, 0.2) is 24.3 Å². The molecule has 0 unspecified atom stereocenters. The molecule has 0 aliphatic carbocycles. The third-order valence-electron chi connectivity index (χ3n) is 8.71. The number of nitrogens with two attached hydrogens (primary N) is 1. The van der Waals surface area contributed by atoms with Gasteiger partial charge in [-0.3, -0.25) is 14.5 Å². The lowest BCUT2D eigenvalue weighted by atomic mass is 9.82. The Bertz CT molecular complexity index is 940. The molecule has 0 aromatic heterocycles. The van der Waals surface area contributed by atoms with E-state index in [9.17, 15) is 14.7 Å². The lowest BCUT2D eigenvalue weighted by Gasteiger charge is -2.30. The van der Waals surface area contributed by atoms with Crippen molar-refractivity contribution >= 4 is 11.8 Å². The highest BCUT2D eigenvalue weighted by Gasteiger charge is 2.28. The summed E-state index contributed by atoms with van der Waals surface area (Å²) in [5.74, 6) is 0.997. The molecule has 1 aromatic carbocycles. The number of ether oxygens (including phenoxy) is 3. The van der Waals surface area contributed by atoms with Crippen LogP contribution in [0.1, 0.15) is 76.6 Å². The van der Waals surface area contributed by atoms with E-state index in [1.807, 2.05) is 18.2 Å². The molecular formula is C34H60N4O6. The summed E-state index contributed by atoms with van der Waals surface area (Å²) in [5, 5.41) is 17.2. The topological polar surface area (TPSA) is 135 Å². The lowest BCUT2D eigenvalue weighted by Crippen LogP contribution is -2.43.